The molecule has 0 bridgehead atoms. The first-order valence-electron chi connectivity index (χ1n) is 9.15. The van der Waals surface area contributed by atoms with Crippen LogP contribution in [0.5, 0.6) is 0 Å². The van der Waals surface area contributed by atoms with E-state index in [9.17, 15) is 9.90 Å². The normalized spacial score (nSPS) is 20.2. The lowest BCUT2D eigenvalue weighted by atomic mass is 10.0. The van der Waals surface area contributed by atoms with Crippen LogP contribution in [0.25, 0.3) is 11.0 Å². The van der Waals surface area contributed by atoms with Crippen LogP contribution in [0.15, 0.2) is 24.3 Å². The number of rotatable bonds is 5. The van der Waals surface area contributed by atoms with Gasteiger partial charge in [0.2, 0.25) is 0 Å². The number of hydrogen-bond acceptors (Lipinski definition) is 3. The van der Waals surface area contributed by atoms with Crippen LogP contribution in [0, 0.1) is 5.92 Å². The second-order valence-corrected chi connectivity index (χ2v) is 7.38. The maximum Gasteiger partial charge on any atom is 0.318 e. The largest absolute Gasteiger partial charge is 0.393 e. The average Bonchev–Trinajstić information content (AvgIpc) is 3.17. The first-order valence-corrected chi connectivity index (χ1v) is 9.15. The van der Waals surface area contributed by atoms with Crippen molar-refractivity contribution in [2.45, 2.75) is 58.2 Å². The molecule has 25 heavy (non-hydrogen) atoms. The van der Waals surface area contributed by atoms with Gasteiger partial charge in [0.25, 0.3) is 0 Å². The van der Waals surface area contributed by atoms with E-state index in [0.717, 1.165) is 36.2 Å². The van der Waals surface area contributed by atoms with Gasteiger partial charge in [0.05, 0.1) is 23.2 Å². The summed E-state index contributed by atoms with van der Waals surface area (Å²) in [5, 5.41) is 12.8. The number of fused-ring (bicyclic) bond motifs is 1. The van der Waals surface area contributed by atoms with Gasteiger partial charge in [-0.25, -0.2) is 9.78 Å². The number of aromatic nitrogens is 2. The molecule has 1 aromatic heterocycles. The van der Waals surface area contributed by atoms with Crippen molar-refractivity contribution in [1.82, 2.24) is 20.2 Å². The summed E-state index contributed by atoms with van der Waals surface area (Å²) in [5.74, 6) is 0.998. The predicted octanol–water partition coefficient (Wildman–Crippen LogP) is 3.20. The summed E-state index contributed by atoms with van der Waals surface area (Å²) in [6, 6.07) is 7.76. The van der Waals surface area contributed by atoms with E-state index in [4.69, 9.17) is 0 Å². The monoisotopic (exact) mass is 344 g/mol. The predicted molar refractivity (Wildman–Crippen MR) is 98.2 cm³/mol. The maximum absolute atomic E-state index is 12.8. The summed E-state index contributed by atoms with van der Waals surface area (Å²) < 4.78 is 0. The Labute approximate surface area is 148 Å². The fraction of sp³-hybridized carbons (Fsp3) is 0.579. The van der Waals surface area contributed by atoms with Crippen LogP contribution in [-0.2, 0) is 0 Å². The van der Waals surface area contributed by atoms with E-state index in [1.54, 1.807) is 6.92 Å². The van der Waals surface area contributed by atoms with E-state index >= 15 is 0 Å². The minimum atomic E-state index is -0.394. The van der Waals surface area contributed by atoms with Crippen molar-refractivity contribution in [2.24, 2.45) is 5.92 Å². The number of nitrogens with zero attached hydrogens (tertiary/aromatic N) is 2. The van der Waals surface area contributed by atoms with Gasteiger partial charge < -0.3 is 20.3 Å². The Hall–Kier alpha value is -2.08. The number of imidazole rings is 1. The topological polar surface area (TPSA) is 81.2 Å². The summed E-state index contributed by atoms with van der Waals surface area (Å²) in [6.07, 6.45) is 2.18. The number of para-hydroxylation sites is 2. The Morgan fingerprint density at radius 3 is 2.84 bits per heavy atom. The van der Waals surface area contributed by atoms with Gasteiger partial charge in [-0.3, -0.25) is 0 Å². The number of aliphatic hydroxyl groups is 1. The molecule has 1 aliphatic rings. The number of amides is 2. The minimum absolute atomic E-state index is 0.0673. The second kappa shape index (κ2) is 7.44. The summed E-state index contributed by atoms with van der Waals surface area (Å²) >= 11 is 0. The van der Waals surface area contributed by atoms with Gasteiger partial charge in [-0.15, -0.1) is 0 Å². The lowest BCUT2D eigenvalue weighted by molar-refractivity contribution is 0.136. The highest BCUT2D eigenvalue weighted by Crippen LogP contribution is 2.25. The third-order valence-electron chi connectivity index (χ3n) is 4.90. The molecular weight excluding hydrogens is 316 g/mol. The van der Waals surface area contributed by atoms with Crippen molar-refractivity contribution < 1.29 is 9.90 Å². The average molecular weight is 344 g/mol. The Morgan fingerprint density at radius 1 is 1.40 bits per heavy atom. The van der Waals surface area contributed by atoms with Crippen LogP contribution in [0.1, 0.15) is 51.9 Å². The van der Waals surface area contributed by atoms with Crippen molar-refractivity contribution in [3.63, 3.8) is 0 Å². The molecule has 3 N–H and O–H groups in total. The molecular formula is C19H28N4O2. The second-order valence-electron chi connectivity index (χ2n) is 7.38. The summed E-state index contributed by atoms with van der Waals surface area (Å²) in [4.78, 5) is 22.7. The van der Waals surface area contributed by atoms with E-state index in [0.29, 0.717) is 6.42 Å². The van der Waals surface area contributed by atoms with Gasteiger partial charge in [-0.05, 0) is 44.2 Å². The van der Waals surface area contributed by atoms with Gasteiger partial charge in [-0.1, -0.05) is 26.0 Å². The number of carbonyl (C=O) groups excluding carboxylic acids is 1. The molecule has 0 aliphatic carbocycles. The highest BCUT2D eigenvalue weighted by molar-refractivity contribution is 5.77. The molecule has 136 valence electrons. The van der Waals surface area contributed by atoms with Gasteiger partial charge in [0.15, 0.2) is 0 Å². The standard InChI is InChI=1S/C19H28N4O2/c1-12(2)17(18-20-15-8-4-5-9-16(15)21-18)22-19(25)23-10-6-7-14(23)11-13(3)24/h4-5,8-9,12-14,17,24H,6-7,10-11H2,1-3H3,(H,20,21)(H,22,25)/t13-,14-,17-/m0/s1. The van der Waals surface area contributed by atoms with E-state index in [1.807, 2.05) is 29.2 Å². The molecule has 1 fully saturated rings. The van der Waals surface area contributed by atoms with Gasteiger partial charge in [0.1, 0.15) is 5.82 Å². The van der Waals surface area contributed by atoms with Crippen molar-refractivity contribution in [2.75, 3.05) is 6.54 Å². The first-order chi connectivity index (χ1) is 12.0. The van der Waals surface area contributed by atoms with Crippen molar-refractivity contribution in [1.29, 1.82) is 0 Å². The molecule has 0 spiro atoms. The fourth-order valence-electron chi connectivity index (χ4n) is 3.63. The molecule has 2 amide bonds. The molecule has 0 saturated carbocycles. The van der Waals surface area contributed by atoms with Crippen molar-refractivity contribution >= 4 is 17.1 Å². The van der Waals surface area contributed by atoms with Crippen LogP contribution < -0.4 is 5.32 Å². The first kappa shape index (κ1) is 17.7. The SMILES string of the molecule is CC(C)[C@H](NC(=O)N1CCC[C@H]1C[C@H](C)O)c1nc2ccccc2[nH]1. The van der Waals surface area contributed by atoms with Crippen molar-refractivity contribution in [3.8, 4) is 0 Å². The fourth-order valence-corrected chi connectivity index (χ4v) is 3.63. The Morgan fingerprint density at radius 2 is 2.16 bits per heavy atom. The Balaban J connectivity index is 1.76. The number of aromatic amines is 1. The van der Waals surface area contributed by atoms with E-state index in [2.05, 4.69) is 29.1 Å². The van der Waals surface area contributed by atoms with Gasteiger partial charge in [0, 0.05) is 12.6 Å². The summed E-state index contributed by atoms with van der Waals surface area (Å²) in [6.45, 7) is 6.68. The molecule has 2 aromatic rings. The molecule has 3 rings (SSSR count). The van der Waals surface area contributed by atoms with E-state index in [1.165, 1.54) is 0 Å². The molecule has 6 heteroatoms. The van der Waals surface area contributed by atoms with Crippen LogP contribution in [0.4, 0.5) is 4.79 Å². The van der Waals surface area contributed by atoms with Gasteiger partial charge in [-0.2, -0.15) is 0 Å². The van der Waals surface area contributed by atoms with Gasteiger partial charge >= 0.3 is 6.03 Å². The van der Waals surface area contributed by atoms with Crippen molar-refractivity contribution in [3.05, 3.63) is 30.1 Å². The van der Waals surface area contributed by atoms with E-state index < -0.39 is 6.10 Å². The van der Waals surface area contributed by atoms with E-state index in [-0.39, 0.29) is 24.0 Å². The highest BCUT2D eigenvalue weighted by Gasteiger charge is 2.32. The van der Waals surface area contributed by atoms with Crippen LogP contribution in [0.3, 0.4) is 0 Å². The van der Waals surface area contributed by atoms with Crippen LogP contribution in [-0.4, -0.2) is 44.7 Å². The lowest BCUT2D eigenvalue weighted by Gasteiger charge is -2.29. The minimum Gasteiger partial charge on any atom is -0.393 e. The Bertz CT molecular complexity index is 692. The molecule has 6 nitrogen and oxygen atoms in total. The number of H-pyrrole nitrogens is 1. The maximum atomic E-state index is 12.8. The number of hydrogen-bond donors (Lipinski definition) is 3. The highest BCUT2D eigenvalue weighted by atomic mass is 16.3. The quantitative estimate of drug-likeness (QED) is 0.779. The third-order valence-corrected chi connectivity index (χ3v) is 4.90. The molecule has 1 aromatic carbocycles. The van der Waals surface area contributed by atoms with Crippen LogP contribution in [0.2, 0.25) is 0 Å². The molecule has 1 aliphatic heterocycles. The molecule has 0 radical (unpaired) electrons. The molecule has 1 saturated heterocycles. The summed E-state index contributed by atoms with van der Waals surface area (Å²) in [5.41, 5.74) is 1.89. The number of urea groups is 1. The zero-order valence-electron chi connectivity index (χ0n) is 15.2. The number of aliphatic hydroxyl groups excluding tert-OH is 1. The summed E-state index contributed by atoms with van der Waals surface area (Å²) in [7, 11) is 0. The number of benzene rings is 1. The third kappa shape index (κ3) is 3.95. The zero-order chi connectivity index (χ0) is 18.0. The molecule has 2 heterocycles. The smallest absolute Gasteiger partial charge is 0.318 e. The van der Waals surface area contributed by atoms with Crippen LogP contribution >= 0.6 is 0 Å². The lowest BCUT2D eigenvalue weighted by Crippen LogP contribution is -2.46. The number of likely N-dealkylation sites (tertiary alicyclic amines) is 1. The number of nitrogens with one attached hydrogen (secondary N) is 2. The number of carbonyl (C=O) groups is 1. The molecule has 3 atom stereocenters. The molecule has 0 unspecified atom stereocenters. The zero-order valence-corrected chi connectivity index (χ0v) is 15.2. The Kier molecular flexibility index (Phi) is 5.27.